The number of hydrogen-bond donors (Lipinski definition) is 8. The Labute approximate surface area is 223 Å². The molecule has 1 aromatic carbocycles. The molecular formula is C23H34N6O8S. The van der Waals surface area contributed by atoms with E-state index in [0.29, 0.717) is 17.7 Å². The molecule has 0 heterocycles. The van der Waals surface area contributed by atoms with Gasteiger partial charge in [-0.25, -0.2) is 4.79 Å². The van der Waals surface area contributed by atoms with Crippen LogP contribution in [0.15, 0.2) is 24.3 Å². The lowest BCUT2D eigenvalue weighted by atomic mass is 10.0. The molecule has 0 unspecified atom stereocenters. The van der Waals surface area contributed by atoms with E-state index < -0.39 is 66.1 Å². The fourth-order valence-corrected chi connectivity index (χ4v) is 3.72. The third kappa shape index (κ3) is 11.9. The summed E-state index contributed by atoms with van der Waals surface area (Å²) in [6.07, 6.45) is 0.826. The fraction of sp³-hybridized carbons (Fsp3) is 0.478. The number of aliphatic carboxylic acids is 1. The van der Waals surface area contributed by atoms with Crippen molar-refractivity contribution in [1.82, 2.24) is 16.0 Å². The monoisotopic (exact) mass is 554 g/mol. The van der Waals surface area contributed by atoms with Crippen LogP contribution < -0.4 is 33.2 Å². The van der Waals surface area contributed by atoms with Gasteiger partial charge in [-0.3, -0.25) is 24.0 Å². The van der Waals surface area contributed by atoms with E-state index in [1.165, 1.54) is 36.0 Å². The molecule has 0 saturated carbocycles. The number of aromatic hydroxyl groups is 1. The molecule has 11 N–H and O–H groups in total. The van der Waals surface area contributed by atoms with Gasteiger partial charge in [-0.1, -0.05) is 12.1 Å². The van der Waals surface area contributed by atoms with Crippen LogP contribution in [-0.4, -0.2) is 81.9 Å². The molecule has 15 heteroatoms. The Bertz CT molecular complexity index is 1010. The maximum Gasteiger partial charge on any atom is 0.326 e. The van der Waals surface area contributed by atoms with Gasteiger partial charge in [0.05, 0.1) is 12.5 Å². The van der Waals surface area contributed by atoms with Crippen molar-refractivity contribution < 1.29 is 39.0 Å². The van der Waals surface area contributed by atoms with Gasteiger partial charge >= 0.3 is 5.97 Å². The first-order valence-corrected chi connectivity index (χ1v) is 13.0. The predicted molar refractivity (Wildman–Crippen MR) is 138 cm³/mol. The second-order valence-corrected chi connectivity index (χ2v) is 9.44. The Morgan fingerprint density at radius 2 is 1.39 bits per heavy atom. The highest BCUT2D eigenvalue weighted by molar-refractivity contribution is 7.98. The van der Waals surface area contributed by atoms with E-state index in [0.717, 1.165) is 0 Å². The number of primary amides is 2. The van der Waals surface area contributed by atoms with Crippen LogP contribution in [0, 0.1) is 0 Å². The maximum atomic E-state index is 13.2. The lowest BCUT2D eigenvalue weighted by Gasteiger charge is -2.25. The van der Waals surface area contributed by atoms with E-state index in [9.17, 15) is 39.0 Å². The van der Waals surface area contributed by atoms with Crippen molar-refractivity contribution >= 4 is 47.3 Å². The lowest BCUT2D eigenvalue weighted by molar-refractivity contribution is -0.144. The van der Waals surface area contributed by atoms with E-state index in [-0.39, 0.29) is 25.0 Å². The van der Waals surface area contributed by atoms with Gasteiger partial charge in [0.15, 0.2) is 0 Å². The van der Waals surface area contributed by atoms with Gasteiger partial charge in [0.1, 0.15) is 23.9 Å². The first kappa shape index (κ1) is 32.2. The van der Waals surface area contributed by atoms with Crippen molar-refractivity contribution in [2.75, 3.05) is 12.0 Å². The first-order chi connectivity index (χ1) is 17.8. The van der Waals surface area contributed by atoms with E-state index in [1.54, 1.807) is 0 Å². The number of hydrogen-bond acceptors (Lipinski definition) is 9. The smallest absolute Gasteiger partial charge is 0.326 e. The van der Waals surface area contributed by atoms with Crippen LogP contribution in [0.5, 0.6) is 5.75 Å². The molecule has 1 rings (SSSR count). The third-order valence-electron chi connectivity index (χ3n) is 5.31. The summed E-state index contributed by atoms with van der Waals surface area (Å²) in [7, 11) is 0. The van der Waals surface area contributed by atoms with Crippen molar-refractivity contribution in [3.05, 3.63) is 29.8 Å². The minimum Gasteiger partial charge on any atom is -0.508 e. The number of carboxylic acids is 1. The number of nitrogens with one attached hydrogen (secondary N) is 3. The van der Waals surface area contributed by atoms with Crippen molar-refractivity contribution in [2.45, 2.75) is 56.3 Å². The number of nitrogens with two attached hydrogens (primary N) is 3. The van der Waals surface area contributed by atoms with Crippen molar-refractivity contribution in [3.63, 3.8) is 0 Å². The fourth-order valence-electron chi connectivity index (χ4n) is 3.23. The van der Waals surface area contributed by atoms with Crippen molar-refractivity contribution in [3.8, 4) is 5.75 Å². The zero-order valence-electron chi connectivity index (χ0n) is 20.8. The van der Waals surface area contributed by atoms with E-state index in [2.05, 4.69) is 16.0 Å². The molecule has 14 nitrogen and oxygen atoms in total. The highest BCUT2D eigenvalue weighted by Crippen LogP contribution is 2.12. The summed E-state index contributed by atoms with van der Waals surface area (Å²) in [5.74, 6) is -5.13. The summed E-state index contributed by atoms with van der Waals surface area (Å²) >= 11 is 1.49. The molecule has 0 aliphatic carbocycles. The van der Waals surface area contributed by atoms with Crippen LogP contribution in [-0.2, 0) is 35.2 Å². The topological polar surface area (TPSA) is 257 Å². The SMILES string of the molecule is CSCC[C@H](N)C(=O)N[C@@H](Cc1ccc(O)cc1)C(=O)N[C@@H](CCC(N)=O)C(=O)N[C@@H](CC(N)=O)C(=O)O. The number of phenolic OH excluding ortho intramolecular Hbond substituents is 1. The zero-order chi connectivity index (χ0) is 28.8. The highest BCUT2D eigenvalue weighted by Gasteiger charge is 2.31. The quantitative estimate of drug-likeness (QED) is 0.102. The summed E-state index contributed by atoms with van der Waals surface area (Å²) in [5, 5.41) is 25.9. The minimum atomic E-state index is -1.67. The van der Waals surface area contributed by atoms with Crippen LogP contribution in [0.3, 0.4) is 0 Å². The normalized spacial score (nSPS) is 13.8. The molecule has 1 aromatic rings. The molecule has 0 aromatic heterocycles. The van der Waals surface area contributed by atoms with Crippen molar-refractivity contribution in [2.24, 2.45) is 17.2 Å². The summed E-state index contributed by atoms with van der Waals surface area (Å²) in [4.78, 5) is 72.6. The average Bonchev–Trinajstić information content (AvgIpc) is 2.84. The van der Waals surface area contributed by atoms with E-state index >= 15 is 0 Å². The number of carboxylic acid groups (broad SMARTS) is 1. The molecule has 5 amide bonds. The first-order valence-electron chi connectivity index (χ1n) is 11.6. The van der Waals surface area contributed by atoms with Gasteiger partial charge in [-0.05, 0) is 42.5 Å². The molecule has 0 bridgehead atoms. The van der Waals surface area contributed by atoms with E-state index in [4.69, 9.17) is 17.2 Å². The number of amides is 5. The van der Waals surface area contributed by atoms with Gasteiger partial charge < -0.3 is 43.4 Å². The molecule has 0 spiro atoms. The minimum absolute atomic E-state index is 0.00925. The summed E-state index contributed by atoms with van der Waals surface area (Å²) in [5.41, 5.74) is 16.7. The number of rotatable bonds is 17. The molecule has 38 heavy (non-hydrogen) atoms. The molecule has 0 fully saturated rings. The highest BCUT2D eigenvalue weighted by atomic mass is 32.2. The van der Waals surface area contributed by atoms with E-state index in [1.807, 2.05) is 6.26 Å². The number of carbonyl (C=O) groups is 6. The molecule has 0 aliphatic heterocycles. The average molecular weight is 555 g/mol. The Morgan fingerprint density at radius 3 is 1.92 bits per heavy atom. The van der Waals surface area contributed by atoms with Crippen molar-refractivity contribution in [1.29, 1.82) is 0 Å². The van der Waals surface area contributed by atoms with Gasteiger partial charge in [-0.15, -0.1) is 0 Å². The van der Waals surface area contributed by atoms with Gasteiger partial charge in [-0.2, -0.15) is 11.8 Å². The molecule has 4 atom stereocenters. The maximum absolute atomic E-state index is 13.2. The Balaban J connectivity index is 3.16. The number of carbonyl (C=O) groups excluding carboxylic acids is 5. The molecule has 0 saturated heterocycles. The van der Waals surface area contributed by atoms with Gasteiger partial charge in [0, 0.05) is 12.8 Å². The second kappa shape index (κ2) is 16.1. The van der Waals surface area contributed by atoms with Gasteiger partial charge in [0.25, 0.3) is 0 Å². The Morgan fingerprint density at radius 1 is 0.842 bits per heavy atom. The molecule has 0 aliphatic rings. The number of phenols is 1. The summed E-state index contributed by atoms with van der Waals surface area (Å²) < 4.78 is 0. The Hall–Kier alpha value is -3.85. The number of thioether (sulfide) groups is 1. The number of benzene rings is 1. The molecule has 210 valence electrons. The van der Waals surface area contributed by atoms with Crippen LogP contribution in [0.25, 0.3) is 0 Å². The molecule has 0 radical (unpaired) electrons. The molecular weight excluding hydrogens is 520 g/mol. The summed E-state index contributed by atoms with van der Waals surface area (Å²) in [6.45, 7) is 0. The predicted octanol–water partition coefficient (Wildman–Crippen LogP) is -2.30. The van der Waals surface area contributed by atoms with Crippen LogP contribution in [0.1, 0.15) is 31.2 Å². The van der Waals surface area contributed by atoms with Gasteiger partial charge in [0.2, 0.25) is 29.5 Å². The summed E-state index contributed by atoms with van der Waals surface area (Å²) in [6, 6.07) is 0.619. The van der Waals surface area contributed by atoms with Crippen LogP contribution in [0.4, 0.5) is 0 Å². The Kier molecular flexibility index (Phi) is 13.6. The lowest BCUT2D eigenvalue weighted by Crippen LogP contribution is -2.58. The van der Waals surface area contributed by atoms with Crippen LogP contribution in [0.2, 0.25) is 0 Å². The van der Waals surface area contributed by atoms with Crippen LogP contribution >= 0.6 is 11.8 Å². The zero-order valence-corrected chi connectivity index (χ0v) is 21.7. The standard InChI is InChI=1S/C23H34N6O8S/c1-38-9-8-14(24)20(33)28-16(10-12-2-4-13(30)5-3-12)22(35)27-15(6-7-18(25)31)21(34)29-17(23(36)37)11-19(26)32/h2-5,14-17,30H,6-11,24H2,1H3,(H2,25,31)(H2,26,32)(H,27,35)(H,28,33)(H,29,34)(H,36,37)/t14-,15-,16-,17-/m0/s1. The third-order valence-corrected chi connectivity index (χ3v) is 5.96. The second-order valence-electron chi connectivity index (χ2n) is 8.46. The largest absolute Gasteiger partial charge is 0.508 e.